The lowest BCUT2D eigenvalue weighted by Gasteiger charge is -2.08. The Balaban J connectivity index is 1.69. The van der Waals surface area contributed by atoms with Crippen LogP contribution in [0, 0.1) is 0 Å². The number of carbonyl (C=O) groups excluding carboxylic acids is 1. The van der Waals surface area contributed by atoms with Crippen molar-refractivity contribution in [2.45, 2.75) is 11.7 Å². The fourth-order valence-electron chi connectivity index (χ4n) is 2.33. The van der Waals surface area contributed by atoms with E-state index in [9.17, 15) is 4.79 Å². The minimum Gasteiger partial charge on any atom is -0.497 e. The average molecular weight is 449 g/mol. The zero-order valence-electron chi connectivity index (χ0n) is 14.5. The highest BCUT2D eigenvalue weighted by atomic mass is 79.9. The lowest BCUT2D eigenvalue weighted by Crippen LogP contribution is -2.14. The van der Waals surface area contributed by atoms with Crippen LogP contribution in [0.4, 0.5) is 5.69 Å². The van der Waals surface area contributed by atoms with Crippen molar-refractivity contribution < 1.29 is 13.9 Å². The summed E-state index contributed by atoms with van der Waals surface area (Å²) in [6.45, 7) is 4.27. The Kier molecular flexibility index (Phi) is 6.36. The second-order valence-electron chi connectivity index (χ2n) is 5.38. The van der Waals surface area contributed by atoms with Crippen molar-refractivity contribution in [2.24, 2.45) is 0 Å². The number of thioether (sulfide) groups is 1. The first-order valence-corrected chi connectivity index (χ1v) is 9.75. The van der Waals surface area contributed by atoms with Crippen LogP contribution in [0.1, 0.15) is 0 Å². The second kappa shape index (κ2) is 8.92. The van der Waals surface area contributed by atoms with E-state index in [4.69, 9.17) is 9.15 Å². The highest BCUT2D eigenvalue weighted by Crippen LogP contribution is 2.27. The first-order valence-electron chi connectivity index (χ1n) is 7.97. The van der Waals surface area contributed by atoms with E-state index in [-0.39, 0.29) is 11.7 Å². The predicted octanol–water partition coefficient (Wildman–Crippen LogP) is 4.23. The van der Waals surface area contributed by atoms with E-state index in [1.807, 2.05) is 16.7 Å². The number of nitrogens with zero attached hydrogens (tertiary/aromatic N) is 3. The molecule has 1 amide bonds. The molecule has 1 aromatic carbocycles. The van der Waals surface area contributed by atoms with Gasteiger partial charge in [0.1, 0.15) is 5.75 Å². The fraction of sp³-hybridized carbons (Fsp3) is 0.167. The minimum atomic E-state index is -0.149. The summed E-state index contributed by atoms with van der Waals surface area (Å²) in [5.41, 5.74) is 0.675. The van der Waals surface area contributed by atoms with E-state index in [0.717, 1.165) is 0 Å². The number of ether oxygens (including phenoxy) is 1. The Morgan fingerprint density at radius 1 is 1.41 bits per heavy atom. The fourth-order valence-corrected chi connectivity index (χ4v) is 3.39. The molecule has 0 fully saturated rings. The van der Waals surface area contributed by atoms with Crippen LogP contribution in [-0.2, 0) is 11.3 Å². The molecule has 2 heterocycles. The van der Waals surface area contributed by atoms with Crippen molar-refractivity contribution in [2.75, 3.05) is 18.2 Å². The normalized spacial score (nSPS) is 10.6. The molecule has 7 nitrogen and oxygen atoms in total. The summed E-state index contributed by atoms with van der Waals surface area (Å²) in [5.74, 6) is 1.89. The Hall–Kier alpha value is -2.52. The number of hydrogen-bond donors (Lipinski definition) is 1. The number of anilines is 1. The van der Waals surface area contributed by atoms with Gasteiger partial charge in [-0.2, -0.15) is 0 Å². The number of amides is 1. The molecule has 0 saturated carbocycles. The molecule has 0 aliphatic carbocycles. The van der Waals surface area contributed by atoms with E-state index in [0.29, 0.717) is 39.4 Å². The van der Waals surface area contributed by atoms with Gasteiger partial charge in [-0.25, -0.2) is 0 Å². The number of benzene rings is 1. The predicted molar refractivity (Wildman–Crippen MR) is 108 cm³/mol. The quantitative estimate of drug-likeness (QED) is 0.410. The van der Waals surface area contributed by atoms with Gasteiger partial charge in [0.25, 0.3) is 0 Å². The molecule has 0 atom stereocenters. The lowest BCUT2D eigenvalue weighted by atomic mass is 10.3. The molecule has 3 rings (SSSR count). The number of methoxy groups -OCH3 is 1. The van der Waals surface area contributed by atoms with Gasteiger partial charge in [0.15, 0.2) is 15.6 Å². The van der Waals surface area contributed by atoms with Gasteiger partial charge in [-0.05, 0) is 40.2 Å². The molecule has 1 N–H and O–H groups in total. The van der Waals surface area contributed by atoms with Crippen molar-refractivity contribution in [3.05, 3.63) is 53.7 Å². The highest BCUT2D eigenvalue weighted by Gasteiger charge is 2.17. The van der Waals surface area contributed by atoms with Gasteiger partial charge in [-0.15, -0.1) is 16.8 Å². The molecule has 3 aromatic rings. The Bertz CT molecular complexity index is 954. The van der Waals surface area contributed by atoms with Gasteiger partial charge in [0.2, 0.25) is 11.7 Å². The van der Waals surface area contributed by atoms with Crippen molar-refractivity contribution in [1.29, 1.82) is 0 Å². The van der Waals surface area contributed by atoms with Gasteiger partial charge >= 0.3 is 0 Å². The summed E-state index contributed by atoms with van der Waals surface area (Å²) >= 11 is 4.57. The standard InChI is InChI=1S/C18H17BrN4O3S/c1-3-9-23-17(14-7-8-15(19)26-14)21-22-18(23)27-11-16(24)20-12-5-4-6-13(10-12)25-2/h3-8,10H,1,9,11H2,2H3,(H,20,24). The molecule has 0 saturated heterocycles. The first kappa shape index (κ1) is 19.2. The monoisotopic (exact) mass is 448 g/mol. The molecule has 0 aliphatic rings. The van der Waals surface area contributed by atoms with Crippen LogP contribution >= 0.6 is 27.7 Å². The van der Waals surface area contributed by atoms with Gasteiger partial charge in [0, 0.05) is 18.3 Å². The van der Waals surface area contributed by atoms with E-state index in [2.05, 4.69) is 38.0 Å². The second-order valence-corrected chi connectivity index (χ2v) is 7.10. The van der Waals surface area contributed by atoms with Gasteiger partial charge < -0.3 is 14.5 Å². The van der Waals surface area contributed by atoms with Crippen molar-refractivity contribution in [1.82, 2.24) is 14.8 Å². The minimum absolute atomic E-state index is 0.149. The largest absolute Gasteiger partial charge is 0.497 e. The number of hydrogen-bond acceptors (Lipinski definition) is 6. The van der Waals surface area contributed by atoms with Crippen molar-refractivity contribution in [3.8, 4) is 17.3 Å². The summed E-state index contributed by atoms with van der Waals surface area (Å²) < 4.78 is 13.2. The SMILES string of the molecule is C=CCn1c(SCC(=O)Nc2cccc(OC)c2)nnc1-c1ccc(Br)o1. The zero-order chi connectivity index (χ0) is 19.2. The first-order chi connectivity index (χ1) is 13.1. The summed E-state index contributed by atoms with van der Waals surface area (Å²) in [5, 5.41) is 11.8. The third kappa shape index (κ3) is 4.81. The summed E-state index contributed by atoms with van der Waals surface area (Å²) in [7, 11) is 1.58. The molecular formula is C18H17BrN4O3S. The Morgan fingerprint density at radius 3 is 2.96 bits per heavy atom. The molecule has 0 aliphatic heterocycles. The lowest BCUT2D eigenvalue weighted by molar-refractivity contribution is -0.113. The number of carbonyl (C=O) groups is 1. The van der Waals surface area contributed by atoms with Crippen LogP contribution < -0.4 is 10.1 Å². The van der Waals surface area contributed by atoms with Crippen molar-refractivity contribution >= 4 is 39.3 Å². The van der Waals surface area contributed by atoms with Gasteiger partial charge in [0.05, 0.1) is 12.9 Å². The maximum atomic E-state index is 12.3. The molecule has 9 heteroatoms. The van der Waals surface area contributed by atoms with E-state index in [1.165, 1.54) is 11.8 Å². The zero-order valence-corrected chi connectivity index (χ0v) is 16.9. The average Bonchev–Trinajstić information content (AvgIpc) is 3.26. The Labute approximate surface area is 168 Å². The summed E-state index contributed by atoms with van der Waals surface area (Å²) in [4.78, 5) is 12.3. The van der Waals surface area contributed by atoms with Crippen LogP contribution in [0.5, 0.6) is 5.75 Å². The third-order valence-corrected chi connectivity index (χ3v) is 4.90. The van der Waals surface area contributed by atoms with E-state index in [1.54, 1.807) is 37.5 Å². The van der Waals surface area contributed by atoms with Crippen LogP contribution in [0.15, 0.2) is 63.3 Å². The summed E-state index contributed by atoms with van der Waals surface area (Å²) in [6.07, 6.45) is 1.74. The molecular weight excluding hydrogens is 432 g/mol. The molecule has 2 aromatic heterocycles. The maximum Gasteiger partial charge on any atom is 0.234 e. The van der Waals surface area contributed by atoms with Crippen LogP contribution in [-0.4, -0.2) is 33.5 Å². The van der Waals surface area contributed by atoms with Crippen LogP contribution in [0.25, 0.3) is 11.6 Å². The highest BCUT2D eigenvalue weighted by molar-refractivity contribution is 9.10. The van der Waals surface area contributed by atoms with E-state index >= 15 is 0 Å². The van der Waals surface area contributed by atoms with Crippen LogP contribution in [0.2, 0.25) is 0 Å². The molecule has 27 heavy (non-hydrogen) atoms. The summed E-state index contributed by atoms with van der Waals surface area (Å²) in [6, 6.07) is 10.8. The van der Waals surface area contributed by atoms with Crippen molar-refractivity contribution in [3.63, 3.8) is 0 Å². The molecule has 0 radical (unpaired) electrons. The molecule has 0 spiro atoms. The number of rotatable bonds is 8. The molecule has 0 unspecified atom stereocenters. The number of furan rings is 1. The number of halogens is 1. The third-order valence-electron chi connectivity index (χ3n) is 3.51. The molecule has 0 bridgehead atoms. The van der Waals surface area contributed by atoms with E-state index < -0.39 is 0 Å². The van der Waals surface area contributed by atoms with Crippen LogP contribution in [0.3, 0.4) is 0 Å². The Morgan fingerprint density at radius 2 is 2.26 bits per heavy atom. The van der Waals surface area contributed by atoms with Gasteiger partial charge in [-0.1, -0.05) is 23.9 Å². The number of aromatic nitrogens is 3. The molecule has 140 valence electrons. The smallest absolute Gasteiger partial charge is 0.234 e. The topological polar surface area (TPSA) is 82.2 Å². The van der Waals surface area contributed by atoms with Gasteiger partial charge in [-0.3, -0.25) is 9.36 Å². The number of nitrogens with one attached hydrogen (secondary N) is 1. The maximum absolute atomic E-state index is 12.3. The number of allylic oxidation sites excluding steroid dienone is 1.